The van der Waals surface area contributed by atoms with Gasteiger partial charge in [-0.2, -0.15) is 0 Å². The number of ether oxygens (including phenoxy) is 1. The fourth-order valence-corrected chi connectivity index (χ4v) is 5.44. The number of hydrogen-bond acceptors (Lipinski definition) is 6. The molecule has 1 aromatic carbocycles. The first-order chi connectivity index (χ1) is 13.0. The van der Waals surface area contributed by atoms with Gasteiger partial charge in [0.05, 0.1) is 40.7 Å². The first-order valence-electron chi connectivity index (χ1n) is 9.02. The number of nitrogens with two attached hydrogens (primary N) is 1. The van der Waals surface area contributed by atoms with Crippen molar-refractivity contribution in [1.82, 2.24) is 8.96 Å². The van der Waals surface area contributed by atoms with Gasteiger partial charge in [-0.3, -0.25) is 0 Å². The van der Waals surface area contributed by atoms with Gasteiger partial charge in [-0.1, -0.05) is 18.2 Å². The van der Waals surface area contributed by atoms with Gasteiger partial charge in [-0.05, 0) is 37.5 Å². The van der Waals surface area contributed by atoms with E-state index in [0.717, 1.165) is 24.9 Å². The molecule has 2 aliphatic rings. The number of benzene rings is 1. The molecule has 2 aromatic heterocycles. The minimum Gasteiger partial charge on any atom is -0.396 e. The normalized spacial score (nSPS) is 24.5. The van der Waals surface area contributed by atoms with Crippen LogP contribution in [0, 0.1) is 0 Å². The van der Waals surface area contributed by atoms with Gasteiger partial charge in [-0.25, -0.2) is 17.4 Å². The average Bonchev–Trinajstić information content (AvgIpc) is 3.40. The molecule has 3 atom stereocenters. The third-order valence-electron chi connectivity index (χ3n) is 5.45. The van der Waals surface area contributed by atoms with Gasteiger partial charge in [-0.15, -0.1) is 0 Å². The molecule has 0 saturated carbocycles. The van der Waals surface area contributed by atoms with Crippen LogP contribution in [-0.2, 0) is 14.8 Å². The predicted octanol–water partition coefficient (Wildman–Crippen LogP) is 2.59. The third kappa shape index (κ3) is 2.59. The maximum absolute atomic E-state index is 13.0. The fraction of sp³-hybridized carbons (Fsp3) is 0.316. The summed E-state index contributed by atoms with van der Waals surface area (Å²) >= 11 is 0. The van der Waals surface area contributed by atoms with E-state index >= 15 is 0 Å². The maximum Gasteiger partial charge on any atom is 0.269 e. The van der Waals surface area contributed by atoms with E-state index in [1.54, 1.807) is 36.4 Å². The monoisotopic (exact) mass is 384 g/mol. The summed E-state index contributed by atoms with van der Waals surface area (Å²) in [7, 11) is -3.73. The Hall–Kier alpha value is -2.58. The van der Waals surface area contributed by atoms with Crippen LogP contribution in [0.5, 0.6) is 0 Å². The number of hydrogen-bond donors (Lipinski definition) is 2. The second kappa shape index (κ2) is 5.97. The Balaban J connectivity index is 1.58. The molecule has 4 heterocycles. The quantitative estimate of drug-likeness (QED) is 0.717. The van der Waals surface area contributed by atoms with E-state index in [0.29, 0.717) is 22.8 Å². The highest BCUT2D eigenvalue weighted by molar-refractivity contribution is 7.90. The van der Waals surface area contributed by atoms with Gasteiger partial charge in [0.15, 0.2) is 5.65 Å². The topological polar surface area (TPSA) is 99.2 Å². The van der Waals surface area contributed by atoms with Crippen LogP contribution >= 0.6 is 0 Å². The largest absolute Gasteiger partial charge is 0.396 e. The highest BCUT2D eigenvalue weighted by Crippen LogP contribution is 2.38. The molecule has 8 heteroatoms. The lowest BCUT2D eigenvalue weighted by Crippen LogP contribution is -2.30. The highest BCUT2D eigenvalue weighted by Gasteiger charge is 2.41. The Morgan fingerprint density at radius 1 is 1.19 bits per heavy atom. The van der Waals surface area contributed by atoms with Gasteiger partial charge >= 0.3 is 0 Å². The van der Waals surface area contributed by atoms with Crippen molar-refractivity contribution in [2.75, 3.05) is 11.1 Å². The van der Waals surface area contributed by atoms with Gasteiger partial charge < -0.3 is 15.8 Å². The Morgan fingerprint density at radius 2 is 2.00 bits per heavy atom. The predicted molar refractivity (Wildman–Crippen MR) is 103 cm³/mol. The van der Waals surface area contributed by atoms with Crippen molar-refractivity contribution >= 4 is 32.4 Å². The molecule has 0 radical (unpaired) electrons. The molecule has 2 aliphatic heterocycles. The van der Waals surface area contributed by atoms with E-state index in [-0.39, 0.29) is 17.0 Å². The number of rotatable bonds is 4. The van der Waals surface area contributed by atoms with Crippen LogP contribution in [0.3, 0.4) is 0 Å². The van der Waals surface area contributed by atoms with Crippen molar-refractivity contribution in [1.29, 1.82) is 0 Å². The minimum absolute atomic E-state index is 0.186. The van der Waals surface area contributed by atoms with Gasteiger partial charge in [0.2, 0.25) is 0 Å². The summed E-state index contributed by atoms with van der Waals surface area (Å²) in [5, 5.41) is 4.18. The number of nitrogen functional groups attached to an aromatic ring is 1. The standard InChI is InChI=1S/C19H20N4O3S/c20-15-11-21-19-14(18(15)22-16-10-12-6-7-17(16)26-12)8-9-23(19)27(24,25)13-4-2-1-3-5-13/h1-5,8-9,11-12,16-17H,6-7,10,20H2,(H,21,22). The number of nitrogens with zero attached hydrogens (tertiary/aromatic N) is 2. The van der Waals surface area contributed by atoms with Crippen LogP contribution in [0.15, 0.2) is 53.7 Å². The summed E-state index contributed by atoms with van der Waals surface area (Å²) in [6.45, 7) is 0. The van der Waals surface area contributed by atoms with Crippen LogP contribution < -0.4 is 11.1 Å². The second-order valence-corrected chi connectivity index (χ2v) is 8.93. The summed E-state index contributed by atoms with van der Waals surface area (Å²) < 4.78 is 33.1. The van der Waals surface area contributed by atoms with Gasteiger partial charge in [0, 0.05) is 11.6 Å². The summed E-state index contributed by atoms with van der Waals surface area (Å²) in [5.41, 5.74) is 7.75. The molecular weight excluding hydrogens is 364 g/mol. The molecule has 5 rings (SSSR count). The minimum atomic E-state index is -3.73. The molecule has 2 saturated heterocycles. The van der Waals surface area contributed by atoms with E-state index in [2.05, 4.69) is 10.3 Å². The Bertz CT molecular complexity index is 1110. The number of fused-ring (bicyclic) bond motifs is 3. The summed E-state index contributed by atoms with van der Waals surface area (Å²) in [4.78, 5) is 4.52. The van der Waals surface area contributed by atoms with Crippen molar-refractivity contribution in [2.24, 2.45) is 0 Å². The van der Waals surface area contributed by atoms with Crippen molar-refractivity contribution in [2.45, 2.75) is 42.4 Å². The Morgan fingerprint density at radius 3 is 2.70 bits per heavy atom. The van der Waals surface area contributed by atoms with E-state index in [1.807, 2.05) is 0 Å². The van der Waals surface area contributed by atoms with Crippen LogP contribution in [0.2, 0.25) is 0 Å². The lowest BCUT2D eigenvalue weighted by molar-refractivity contribution is 0.102. The zero-order valence-corrected chi connectivity index (χ0v) is 15.4. The molecule has 3 unspecified atom stereocenters. The van der Waals surface area contributed by atoms with Crippen molar-refractivity contribution in [3.63, 3.8) is 0 Å². The lowest BCUT2D eigenvalue weighted by atomic mass is 9.95. The van der Waals surface area contributed by atoms with Gasteiger partial charge in [0.1, 0.15) is 0 Å². The highest BCUT2D eigenvalue weighted by atomic mass is 32.2. The smallest absolute Gasteiger partial charge is 0.269 e. The van der Waals surface area contributed by atoms with Crippen molar-refractivity contribution in [3.8, 4) is 0 Å². The van der Waals surface area contributed by atoms with Crippen molar-refractivity contribution in [3.05, 3.63) is 48.8 Å². The Labute approximate surface area is 157 Å². The zero-order chi connectivity index (χ0) is 18.6. The van der Waals surface area contributed by atoms with Crippen molar-refractivity contribution < 1.29 is 13.2 Å². The van der Waals surface area contributed by atoms with Crippen LogP contribution in [0.1, 0.15) is 19.3 Å². The molecule has 27 heavy (non-hydrogen) atoms. The van der Waals surface area contributed by atoms with Gasteiger partial charge in [0.25, 0.3) is 10.0 Å². The SMILES string of the molecule is Nc1cnc2c(ccn2S(=O)(=O)c2ccccc2)c1NC1CC2CCC1O2. The van der Waals surface area contributed by atoms with E-state index in [1.165, 1.54) is 16.4 Å². The maximum atomic E-state index is 13.0. The molecule has 0 amide bonds. The third-order valence-corrected chi connectivity index (χ3v) is 7.13. The Kier molecular flexibility index (Phi) is 3.66. The van der Waals surface area contributed by atoms with E-state index < -0.39 is 10.0 Å². The number of nitrogens with one attached hydrogen (secondary N) is 1. The molecule has 2 bridgehead atoms. The zero-order valence-electron chi connectivity index (χ0n) is 14.6. The second-order valence-electron chi connectivity index (χ2n) is 7.12. The molecule has 7 nitrogen and oxygen atoms in total. The van der Waals surface area contributed by atoms with E-state index in [9.17, 15) is 8.42 Å². The van der Waals surface area contributed by atoms with Crippen LogP contribution in [-0.4, -0.2) is 35.6 Å². The molecule has 0 aliphatic carbocycles. The lowest BCUT2D eigenvalue weighted by Gasteiger charge is -2.22. The van der Waals surface area contributed by atoms with E-state index in [4.69, 9.17) is 10.5 Å². The molecule has 3 aromatic rings. The average molecular weight is 384 g/mol. The first kappa shape index (κ1) is 16.6. The molecular formula is C19H20N4O3S. The number of pyridine rings is 1. The molecule has 0 spiro atoms. The number of anilines is 2. The summed E-state index contributed by atoms with van der Waals surface area (Å²) in [6, 6.07) is 10.3. The fourth-order valence-electron chi connectivity index (χ4n) is 4.11. The molecule has 2 fully saturated rings. The summed E-state index contributed by atoms with van der Waals surface area (Å²) in [5.74, 6) is 0. The summed E-state index contributed by atoms with van der Waals surface area (Å²) in [6.07, 6.45) is 6.63. The molecule has 140 valence electrons. The first-order valence-corrected chi connectivity index (χ1v) is 10.5. The molecule has 3 N–H and O–H groups in total. The van der Waals surface area contributed by atoms with Crippen LogP contribution in [0.4, 0.5) is 11.4 Å². The van der Waals surface area contributed by atoms with Crippen LogP contribution in [0.25, 0.3) is 11.0 Å². The number of aromatic nitrogens is 2.